The van der Waals surface area contributed by atoms with Crippen LogP contribution in [0.3, 0.4) is 0 Å². The van der Waals surface area contributed by atoms with Gasteiger partial charge in [0.25, 0.3) is 0 Å². The standard InChI is InChI=1S/C29H31F3N6O4/c1-16(2)10-25(39)38-14-21-20(11-17(38)3)26(34-15-33-21)41-19-4-5-22-18(12-19)6-9-37(22)27(40)35-24-13-23(42-36-24)28(7-8-28)29(30,31)32/h4-5,12-13,15-17H,6-11,14H2,1-3H3,(H,35,36,40)/t17-/m0/s1. The number of benzene rings is 1. The zero-order valence-electron chi connectivity index (χ0n) is 23.5. The van der Waals surface area contributed by atoms with Gasteiger partial charge in [-0.1, -0.05) is 19.0 Å². The summed E-state index contributed by atoms with van der Waals surface area (Å²) in [5.74, 6) is 1.01. The lowest BCUT2D eigenvalue weighted by Gasteiger charge is -2.35. The molecule has 1 fully saturated rings. The first-order chi connectivity index (χ1) is 19.9. The zero-order chi connectivity index (χ0) is 29.8. The quantitative estimate of drug-likeness (QED) is 0.392. The van der Waals surface area contributed by atoms with Crippen LogP contribution in [0.4, 0.5) is 29.5 Å². The minimum atomic E-state index is -4.43. The molecule has 0 spiro atoms. The lowest BCUT2D eigenvalue weighted by atomic mass is 9.98. The van der Waals surface area contributed by atoms with E-state index in [9.17, 15) is 22.8 Å². The number of rotatable bonds is 6. The van der Waals surface area contributed by atoms with E-state index in [0.29, 0.717) is 49.7 Å². The second-order valence-electron chi connectivity index (χ2n) is 11.7. The topological polar surface area (TPSA) is 114 Å². The van der Waals surface area contributed by atoms with Crippen LogP contribution in [0.5, 0.6) is 11.6 Å². The number of hydrogen-bond donors (Lipinski definition) is 1. The van der Waals surface area contributed by atoms with Crippen molar-refractivity contribution in [3.63, 3.8) is 0 Å². The van der Waals surface area contributed by atoms with E-state index in [1.165, 1.54) is 11.2 Å². The Bertz CT molecular complexity index is 1530. The Hall–Kier alpha value is -4.16. The molecule has 3 aromatic rings. The maximum Gasteiger partial charge on any atom is 0.401 e. The van der Waals surface area contributed by atoms with Crippen molar-refractivity contribution in [3.8, 4) is 11.6 Å². The average molecular weight is 585 g/mol. The highest BCUT2D eigenvalue weighted by Crippen LogP contribution is 2.59. The summed E-state index contributed by atoms with van der Waals surface area (Å²) in [6.07, 6.45) is -1.50. The number of halogens is 3. The molecular weight excluding hydrogens is 553 g/mol. The molecule has 1 N–H and O–H groups in total. The van der Waals surface area contributed by atoms with Crippen molar-refractivity contribution in [2.75, 3.05) is 16.8 Å². The summed E-state index contributed by atoms with van der Waals surface area (Å²) < 4.78 is 51.3. The third-order valence-corrected chi connectivity index (χ3v) is 8.17. The van der Waals surface area contributed by atoms with Crippen molar-refractivity contribution >= 4 is 23.4 Å². The lowest BCUT2D eigenvalue weighted by Crippen LogP contribution is -2.43. The monoisotopic (exact) mass is 584 g/mol. The van der Waals surface area contributed by atoms with E-state index in [-0.39, 0.29) is 42.3 Å². The highest BCUT2D eigenvalue weighted by Gasteiger charge is 2.67. The Kier molecular flexibility index (Phi) is 6.85. The van der Waals surface area contributed by atoms with Gasteiger partial charge in [0.1, 0.15) is 17.5 Å². The Labute approximate surface area is 240 Å². The number of nitrogens with one attached hydrogen (secondary N) is 1. The zero-order valence-corrected chi connectivity index (χ0v) is 23.5. The van der Waals surface area contributed by atoms with Gasteiger partial charge in [0.15, 0.2) is 11.6 Å². The van der Waals surface area contributed by atoms with Gasteiger partial charge in [-0.25, -0.2) is 14.8 Å². The lowest BCUT2D eigenvalue weighted by molar-refractivity contribution is -0.165. The SMILES string of the molecule is CC(C)CC(=O)N1Cc2ncnc(Oc3ccc4c(c3)CCN4C(=O)Nc3cc(C4(C(F)(F)F)CC4)on3)c2C[C@@H]1C. The molecule has 3 amide bonds. The molecule has 3 aliphatic rings. The van der Waals surface area contributed by atoms with Gasteiger partial charge in [0.2, 0.25) is 11.8 Å². The first kappa shape index (κ1) is 28.0. The second kappa shape index (κ2) is 10.3. The van der Waals surface area contributed by atoms with E-state index in [0.717, 1.165) is 22.9 Å². The van der Waals surface area contributed by atoms with Gasteiger partial charge < -0.3 is 14.2 Å². The second-order valence-corrected chi connectivity index (χ2v) is 11.7. The van der Waals surface area contributed by atoms with Crippen LogP contribution in [0.2, 0.25) is 0 Å². The van der Waals surface area contributed by atoms with Crippen LogP contribution in [0.25, 0.3) is 0 Å². The van der Waals surface area contributed by atoms with Gasteiger partial charge in [-0.3, -0.25) is 15.0 Å². The third-order valence-electron chi connectivity index (χ3n) is 8.17. The Morgan fingerprint density at radius 1 is 1.21 bits per heavy atom. The largest absolute Gasteiger partial charge is 0.439 e. The molecule has 6 rings (SSSR count). The van der Waals surface area contributed by atoms with Crippen LogP contribution < -0.4 is 15.0 Å². The van der Waals surface area contributed by atoms with Gasteiger partial charge in [-0.05, 0) is 62.3 Å². The van der Waals surface area contributed by atoms with Crippen molar-refractivity contribution < 1.29 is 32.0 Å². The van der Waals surface area contributed by atoms with E-state index in [2.05, 4.69) is 20.4 Å². The molecule has 0 bridgehead atoms. The van der Waals surface area contributed by atoms with Crippen molar-refractivity contribution in [3.05, 3.63) is 53.2 Å². The first-order valence-corrected chi connectivity index (χ1v) is 14.0. The Balaban J connectivity index is 1.14. The fraction of sp³-hybridized carbons (Fsp3) is 0.483. The number of aromatic nitrogens is 3. The van der Waals surface area contributed by atoms with Crippen LogP contribution in [0.15, 0.2) is 35.1 Å². The molecule has 1 aliphatic carbocycles. The molecule has 1 aromatic carbocycles. The maximum atomic E-state index is 13.4. The van der Waals surface area contributed by atoms with Gasteiger partial charge in [-0.2, -0.15) is 13.2 Å². The fourth-order valence-electron chi connectivity index (χ4n) is 5.68. The number of ether oxygens (including phenoxy) is 1. The fourth-order valence-corrected chi connectivity index (χ4v) is 5.68. The molecule has 222 valence electrons. The van der Waals surface area contributed by atoms with Crippen molar-refractivity contribution in [2.45, 2.75) is 77.1 Å². The van der Waals surface area contributed by atoms with Crippen LogP contribution in [0, 0.1) is 5.92 Å². The number of urea groups is 1. The van der Waals surface area contributed by atoms with E-state index in [1.54, 1.807) is 12.1 Å². The summed E-state index contributed by atoms with van der Waals surface area (Å²) in [5, 5.41) is 6.19. The number of alkyl halides is 3. The number of carbonyl (C=O) groups is 2. The molecule has 13 heteroatoms. The van der Waals surface area contributed by atoms with Gasteiger partial charge in [0.05, 0.1) is 12.2 Å². The predicted octanol–water partition coefficient (Wildman–Crippen LogP) is 5.76. The van der Waals surface area contributed by atoms with Crippen molar-refractivity contribution in [1.29, 1.82) is 0 Å². The predicted molar refractivity (Wildman–Crippen MR) is 145 cm³/mol. The van der Waals surface area contributed by atoms with Crippen molar-refractivity contribution in [1.82, 2.24) is 20.0 Å². The maximum absolute atomic E-state index is 13.4. The molecule has 42 heavy (non-hydrogen) atoms. The molecule has 0 radical (unpaired) electrons. The smallest absolute Gasteiger partial charge is 0.401 e. The minimum Gasteiger partial charge on any atom is -0.439 e. The van der Waals surface area contributed by atoms with Crippen LogP contribution >= 0.6 is 0 Å². The molecule has 1 atom stereocenters. The Morgan fingerprint density at radius 3 is 2.71 bits per heavy atom. The molecule has 0 saturated heterocycles. The first-order valence-electron chi connectivity index (χ1n) is 14.0. The summed E-state index contributed by atoms with van der Waals surface area (Å²) in [6.45, 7) is 6.83. The van der Waals surface area contributed by atoms with Crippen LogP contribution in [-0.4, -0.2) is 50.7 Å². The van der Waals surface area contributed by atoms with Crippen LogP contribution in [-0.2, 0) is 29.6 Å². The van der Waals surface area contributed by atoms with Gasteiger partial charge in [-0.15, -0.1) is 0 Å². The molecule has 0 unspecified atom stereocenters. The normalized spacial score (nSPS) is 19.0. The van der Waals surface area contributed by atoms with E-state index < -0.39 is 17.6 Å². The molecule has 2 aromatic heterocycles. The summed E-state index contributed by atoms with van der Waals surface area (Å²) in [4.78, 5) is 37.9. The highest BCUT2D eigenvalue weighted by atomic mass is 19.4. The van der Waals surface area contributed by atoms with E-state index in [4.69, 9.17) is 9.26 Å². The number of anilines is 2. The average Bonchev–Trinajstić information content (AvgIpc) is 3.45. The van der Waals surface area contributed by atoms with E-state index >= 15 is 0 Å². The molecule has 4 heterocycles. The van der Waals surface area contributed by atoms with Crippen LogP contribution in [0.1, 0.15) is 62.6 Å². The summed E-state index contributed by atoms with van der Waals surface area (Å²) in [6, 6.07) is 5.95. The highest BCUT2D eigenvalue weighted by molar-refractivity contribution is 6.02. The number of amides is 3. The number of carbonyl (C=O) groups excluding carboxylic acids is 2. The molecule has 2 aliphatic heterocycles. The third kappa shape index (κ3) is 5.05. The van der Waals surface area contributed by atoms with E-state index in [1.807, 2.05) is 31.7 Å². The minimum absolute atomic E-state index is 0.0201. The molecular formula is C29H31F3N6O4. The summed E-state index contributed by atoms with van der Waals surface area (Å²) in [5.41, 5.74) is 1.16. The number of fused-ring (bicyclic) bond motifs is 2. The Morgan fingerprint density at radius 2 is 2.00 bits per heavy atom. The molecule has 1 saturated carbocycles. The number of nitrogens with zero attached hydrogens (tertiary/aromatic N) is 5. The van der Waals surface area contributed by atoms with Gasteiger partial charge >= 0.3 is 12.2 Å². The molecule has 10 nitrogen and oxygen atoms in total. The summed E-state index contributed by atoms with van der Waals surface area (Å²) >= 11 is 0. The van der Waals surface area contributed by atoms with Gasteiger partial charge in [0, 0.05) is 36.3 Å². The summed E-state index contributed by atoms with van der Waals surface area (Å²) in [7, 11) is 0. The van der Waals surface area contributed by atoms with Crippen molar-refractivity contribution in [2.24, 2.45) is 5.92 Å². The number of hydrogen-bond acceptors (Lipinski definition) is 7.